The third kappa shape index (κ3) is 5.04. The van der Waals surface area contributed by atoms with Crippen molar-refractivity contribution >= 4 is 40.4 Å². The SMILES string of the molecule is CC=Nc1cc(Oc2ccc(Nc3ncnc4cnc(N5CCOCC5)nc34)cc2C)ccc1C. The number of morpholine rings is 1. The van der Waals surface area contributed by atoms with Crippen LogP contribution in [-0.2, 0) is 4.74 Å². The zero-order chi connectivity index (χ0) is 24.2. The van der Waals surface area contributed by atoms with Crippen molar-refractivity contribution in [2.24, 2.45) is 4.99 Å². The predicted molar refractivity (Wildman–Crippen MR) is 138 cm³/mol. The minimum Gasteiger partial charge on any atom is -0.457 e. The molecular formula is C26H27N7O2. The summed E-state index contributed by atoms with van der Waals surface area (Å²) < 4.78 is 11.6. The molecule has 35 heavy (non-hydrogen) atoms. The lowest BCUT2D eigenvalue weighted by Crippen LogP contribution is -2.37. The van der Waals surface area contributed by atoms with Crippen molar-refractivity contribution in [3.63, 3.8) is 0 Å². The van der Waals surface area contributed by atoms with Crippen LogP contribution in [0.4, 0.5) is 23.1 Å². The third-order valence-corrected chi connectivity index (χ3v) is 5.77. The Morgan fingerprint density at radius 1 is 1.03 bits per heavy atom. The van der Waals surface area contributed by atoms with Gasteiger partial charge in [-0.05, 0) is 56.2 Å². The molecule has 0 amide bonds. The van der Waals surface area contributed by atoms with Crippen LogP contribution in [0.1, 0.15) is 18.1 Å². The Morgan fingerprint density at radius 3 is 2.69 bits per heavy atom. The highest BCUT2D eigenvalue weighted by molar-refractivity contribution is 5.87. The standard InChI is InChI=1S/C26H27N7O2/c1-4-27-21-14-20(7-5-17(21)2)35-23-8-6-19(13-18(23)3)31-25-24-22(29-16-30-25)15-28-26(32-24)33-9-11-34-12-10-33/h4-8,13-16H,9-12H2,1-3H3,(H,29,30,31). The van der Waals surface area contributed by atoms with E-state index >= 15 is 0 Å². The summed E-state index contributed by atoms with van der Waals surface area (Å²) in [5.74, 6) is 2.80. The number of nitrogens with zero attached hydrogens (tertiary/aromatic N) is 6. The average molecular weight is 470 g/mol. The molecule has 2 aromatic carbocycles. The highest BCUT2D eigenvalue weighted by atomic mass is 16.5. The summed E-state index contributed by atoms with van der Waals surface area (Å²) in [6.07, 6.45) is 5.03. The second kappa shape index (κ2) is 10.0. The fourth-order valence-corrected chi connectivity index (χ4v) is 3.89. The van der Waals surface area contributed by atoms with Crippen LogP contribution in [0.15, 0.2) is 53.9 Å². The maximum absolute atomic E-state index is 6.15. The number of aromatic nitrogens is 4. The van der Waals surface area contributed by atoms with Gasteiger partial charge < -0.3 is 19.7 Å². The molecule has 5 rings (SSSR count). The van der Waals surface area contributed by atoms with Crippen molar-refractivity contribution in [3.05, 3.63) is 60.0 Å². The van der Waals surface area contributed by atoms with Gasteiger partial charge in [-0.25, -0.2) is 19.9 Å². The van der Waals surface area contributed by atoms with Crippen LogP contribution in [-0.4, -0.2) is 52.5 Å². The maximum atomic E-state index is 6.15. The minimum atomic E-state index is 0.626. The Kier molecular flexibility index (Phi) is 6.49. The van der Waals surface area contributed by atoms with Crippen LogP contribution in [0.25, 0.3) is 11.0 Å². The molecule has 1 aliphatic rings. The van der Waals surface area contributed by atoms with Gasteiger partial charge in [-0.3, -0.25) is 4.99 Å². The maximum Gasteiger partial charge on any atom is 0.226 e. The normalized spacial score (nSPS) is 14.0. The summed E-state index contributed by atoms with van der Waals surface area (Å²) in [5, 5.41) is 3.38. The number of ether oxygens (including phenoxy) is 2. The minimum absolute atomic E-state index is 0.626. The quantitative estimate of drug-likeness (QED) is 0.388. The van der Waals surface area contributed by atoms with Gasteiger partial charge in [0.1, 0.15) is 28.9 Å². The molecule has 0 radical (unpaired) electrons. The van der Waals surface area contributed by atoms with Crippen LogP contribution < -0.4 is 15.0 Å². The number of anilines is 3. The molecule has 0 bridgehead atoms. The Bertz CT molecular complexity index is 1380. The zero-order valence-corrected chi connectivity index (χ0v) is 20.0. The van der Waals surface area contributed by atoms with Crippen LogP contribution in [0, 0.1) is 13.8 Å². The lowest BCUT2D eigenvalue weighted by molar-refractivity contribution is 0.122. The molecular weight excluding hydrogens is 442 g/mol. The summed E-state index contributed by atoms with van der Waals surface area (Å²) in [6.45, 7) is 8.80. The summed E-state index contributed by atoms with van der Waals surface area (Å²) in [5.41, 5.74) is 5.21. The van der Waals surface area contributed by atoms with Gasteiger partial charge in [-0.15, -0.1) is 0 Å². The molecule has 1 aliphatic heterocycles. The van der Waals surface area contributed by atoms with Gasteiger partial charge in [0.05, 0.1) is 25.1 Å². The number of fused-ring (bicyclic) bond motifs is 1. The third-order valence-electron chi connectivity index (χ3n) is 5.77. The average Bonchev–Trinajstić information content (AvgIpc) is 2.88. The van der Waals surface area contributed by atoms with E-state index in [-0.39, 0.29) is 0 Å². The van der Waals surface area contributed by atoms with Crippen LogP contribution in [0.3, 0.4) is 0 Å². The molecule has 0 unspecified atom stereocenters. The number of nitrogens with one attached hydrogen (secondary N) is 1. The number of rotatable bonds is 6. The Hall–Kier alpha value is -4.11. The molecule has 0 spiro atoms. The van der Waals surface area contributed by atoms with E-state index in [2.05, 4.69) is 30.2 Å². The Labute approximate surface area is 203 Å². The van der Waals surface area contributed by atoms with E-state index < -0.39 is 0 Å². The van der Waals surface area contributed by atoms with Gasteiger partial charge in [-0.1, -0.05) is 6.07 Å². The number of hydrogen-bond donors (Lipinski definition) is 1. The van der Waals surface area contributed by atoms with Crippen molar-refractivity contribution in [1.82, 2.24) is 19.9 Å². The summed E-state index contributed by atoms with van der Waals surface area (Å²) in [6, 6.07) is 11.8. The van der Waals surface area contributed by atoms with Crippen molar-refractivity contribution in [3.8, 4) is 11.5 Å². The highest BCUT2D eigenvalue weighted by Crippen LogP contribution is 2.32. The molecule has 0 atom stereocenters. The fraction of sp³-hybridized carbons (Fsp3) is 0.269. The highest BCUT2D eigenvalue weighted by Gasteiger charge is 2.16. The summed E-state index contributed by atoms with van der Waals surface area (Å²) in [4.78, 5) is 24.5. The smallest absolute Gasteiger partial charge is 0.226 e. The first kappa shape index (κ1) is 22.7. The van der Waals surface area contributed by atoms with Crippen molar-refractivity contribution in [2.45, 2.75) is 20.8 Å². The van der Waals surface area contributed by atoms with Crippen LogP contribution >= 0.6 is 0 Å². The summed E-state index contributed by atoms with van der Waals surface area (Å²) >= 11 is 0. The van der Waals surface area contributed by atoms with Gasteiger partial charge in [0.25, 0.3) is 0 Å². The van der Waals surface area contributed by atoms with Gasteiger partial charge in [0.15, 0.2) is 5.82 Å². The molecule has 9 nitrogen and oxygen atoms in total. The molecule has 9 heteroatoms. The first-order valence-corrected chi connectivity index (χ1v) is 11.6. The van der Waals surface area contributed by atoms with Crippen LogP contribution in [0.5, 0.6) is 11.5 Å². The van der Waals surface area contributed by atoms with Gasteiger partial charge >= 0.3 is 0 Å². The molecule has 1 N–H and O–H groups in total. The van der Waals surface area contributed by atoms with E-state index in [4.69, 9.17) is 14.5 Å². The van der Waals surface area contributed by atoms with E-state index in [1.165, 1.54) is 6.33 Å². The second-order valence-electron chi connectivity index (χ2n) is 8.27. The largest absolute Gasteiger partial charge is 0.457 e. The molecule has 178 valence electrons. The van der Waals surface area contributed by atoms with Crippen LogP contribution in [0.2, 0.25) is 0 Å². The molecule has 0 aliphatic carbocycles. The van der Waals surface area contributed by atoms with Crippen molar-refractivity contribution < 1.29 is 9.47 Å². The molecule has 1 fully saturated rings. The van der Waals surface area contributed by atoms with E-state index in [1.54, 1.807) is 12.4 Å². The molecule has 0 saturated carbocycles. The van der Waals surface area contributed by atoms with E-state index in [9.17, 15) is 0 Å². The van der Waals surface area contributed by atoms with Gasteiger partial charge in [0.2, 0.25) is 5.95 Å². The monoisotopic (exact) mass is 469 g/mol. The number of hydrogen-bond acceptors (Lipinski definition) is 9. The predicted octanol–water partition coefficient (Wildman–Crippen LogP) is 5.13. The molecule has 4 aromatic rings. The first-order valence-electron chi connectivity index (χ1n) is 11.6. The number of benzene rings is 2. The molecule has 3 heterocycles. The molecule has 2 aromatic heterocycles. The zero-order valence-electron chi connectivity index (χ0n) is 20.0. The lowest BCUT2D eigenvalue weighted by atomic mass is 10.2. The lowest BCUT2D eigenvalue weighted by Gasteiger charge is -2.26. The van der Waals surface area contributed by atoms with Crippen molar-refractivity contribution in [1.29, 1.82) is 0 Å². The van der Waals surface area contributed by atoms with E-state index in [1.807, 2.05) is 57.2 Å². The van der Waals surface area contributed by atoms with Crippen molar-refractivity contribution in [2.75, 3.05) is 36.5 Å². The van der Waals surface area contributed by atoms with E-state index in [0.29, 0.717) is 36.0 Å². The summed E-state index contributed by atoms with van der Waals surface area (Å²) in [7, 11) is 0. The van der Waals surface area contributed by atoms with E-state index in [0.717, 1.165) is 47.1 Å². The van der Waals surface area contributed by atoms with Gasteiger partial charge in [-0.2, -0.15) is 0 Å². The number of aryl methyl sites for hydroxylation is 2. The fourth-order valence-electron chi connectivity index (χ4n) is 3.89. The second-order valence-corrected chi connectivity index (χ2v) is 8.27. The Morgan fingerprint density at radius 2 is 1.89 bits per heavy atom. The topological polar surface area (TPSA) is 97.6 Å². The Balaban J connectivity index is 1.38. The van der Waals surface area contributed by atoms with Gasteiger partial charge in [0, 0.05) is 31.1 Å². The first-order chi connectivity index (χ1) is 17.1. The number of aliphatic imine (C=N–C) groups is 1. The molecule has 1 saturated heterocycles.